The first-order valence-electron chi connectivity index (χ1n) is 9.95. The van der Waals surface area contributed by atoms with E-state index in [1.807, 2.05) is 31.6 Å². The van der Waals surface area contributed by atoms with Gasteiger partial charge in [0.15, 0.2) is 5.96 Å². The predicted octanol–water partition coefficient (Wildman–Crippen LogP) is 3.06. The highest BCUT2D eigenvalue weighted by Crippen LogP contribution is 2.20. The van der Waals surface area contributed by atoms with Gasteiger partial charge in [0.05, 0.1) is 13.7 Å². The fraction of sp³-hybridized carbons (Fsp3) is 0.524. The fourth-order valence-electron chi connectivity index (χ4n) is 3.53. The van der Waals surface area contributed by atoms with Gasteiger partial charge >= 0.3 is 0 Å². The van der Waals surface area contributed by atoms with Gasteiger partial charge in [-0.05, 0) is 30.2 Å². The Hall–Kier alpha value is -1.97. The van der Waals surface area contributed by atoms with Crippen molar-refractivity contribution in [2.45, 2.75) is 26.9 Å². The molecule has 1 aromatic heterocycles. The number of halogens is 1. The summed E-state index contributed by atoms with van der Waals surface area (Å²) in [4.78, 5) is 13.7. The molecular formula is C21H33IN6O. The first kappa shape index (κ1) is 23.3. The molecule has 0 amide bonds. The van der Waals surface area contributed by atoms with Crippen LogP contribution in [0.1, 0.15) is 19.7 Å². The van der Waals surface area contributed by atoms with E-state index in [1.165, 1.54) is 5.69 Å². The third kappa shape index (κ3) is 6.25. The average molecular weight is 512 g/mol. The number of hydrogen-bond donors (Lipinski definition) is 1. The number of guanidine groups is 1. The van der Waals surface area contributed by atoms with Gasteiger partial charge in [0, 0.05) is 57.9 Å². The van der Waals surface area contributed by atoms with Crippen LogP contribution in [0.15, 0.2) is 41.7 Å². The molecule has 1 aliphatic rings. The van der Waals surface area contributed by atoms with Crippen LogP contribution in [0, 0.1) is 5.92 Å². The Labute approximate surface area is 191 Å². The number of imidazole rings is 1. The van der Waals surface area contributed by atoms with Gasteiger partial charge < -0.3 is 24.4 Å². The Balaban J connectivity index is 0.00000300. The minimum atomic E-state index is 0. The summed E-state index contributed by atoms with van der Waals surface area (Å²) in [6, 6.07) is 8.27. The molecule has 29 heavy (non-hydrogen) atoms. The Morgan fingerprint density at radius 1 is 1.17 bits per heavy atom. The van der Waals surface area contributed by atoms with Crippen LogP contribution in [-0.4, -0.2) is 60.7 Å². The largest absolute Gasteiger partial charge is 0.497 e. The fourth-order valence-corrected chi connectivity index (χ4v) is 3.53. The van der Waals surface area contributed by atoms with Crippen molar-refractivity contribution in [2.24, 2.45) is 10.9 Å². The van der Waals surface area contributed by atoms with Crippen molar-refractivity contribution < 1.29 is 4.74 Å². The Morgan fingerprint density at radius 2 is 1.86 bits per heavy atom. The number of aromatic nitrogens is 2. The molecule has 0 radical (unpaired) electrons. The molecule has 1 saturated heterocycles. The van der Waals surface area contributed by atoms with Gasteiger partial charge in [-0.3, -0.25) is 4.99 Å². The second kappa shape index (κ2) is 11.3. The molecule has 0 aliphatic carbocycles. The van der Waals surface area contributed by atoms with E-state index in [0.717, 1.165) is 50.3 Å². The van der Waals surface area contributed by atoms with E-state index >= 15 is 0 Å². The van der Waals surface area contributed by atoms with Crippen molar-refractivity contribution in [1.29, 1.82) is 0 Å². The molecule has 0 unspecified atom stereocenters. The van der Waals surface area contributed by atoms with Crippen molar-refractivity contribution in [3.63, 3.8) is 0 Å². The molecule has 1 aromatic carbocycles. The Morgan fingerprint density at radius 3 is 2.45 bits per heavy atom. The molecule has 0 atom stereocenters. The number of nitrogens with one attached hydrogen (secondary N) is 1. The van der Waals surface area contributed by atoms with Crippen LogP contribution in [-0.2, 0) is 13.1 Å². The first-order valence-corrected chi connectivity index (χ1v) is 9.95. The molecule has 0 bridgehead atoms. The highest BCUT2D eigenvalue weighted by atomic mass is 127. The third-order valence-electron chi connectivity index (χ3n) is 5.00. The number of anilines is 1. The van der Waals surface area contributed by atoms with Gasteiger partial charge in [0.25, 0.3) is 0 Å². The molecule has 7 nitrogen and oxygen atoms in total. The number of nitrogens with zero attached hydrogens (tertiary/aromatic N) is 5. The monoisotopic (exact) mass is 512 g/mol. The lowest BCUT2D eigenvalue weighted by Gasteiger charge is -2.37. The summed E-state index contributed by atoms with van der Waals surface area (Å²) >= 11 is 0. The zero-order valence-corrected chi connectivity index (χ0v) is 20.2. The molecule has 0 saturated carbocycles. The van der Waals surface area contributed by atoms with E-state index in [9.17, 15) is 0 Å². The van der Waals surface area contributed by atoms with Crippen LogP contribution >= 0.6 is 24.0 Å². The number of piperazine rings is 1. The molecule has 2 heterocycles. The smallest absolute Gasteiger partial charge is 0.194 e. The number of aliphatic imine (C=N–C) groups is 1. The van der Waals surface area contributed by atoms with Gasteiger partial charge in [-0.1, -0.05) is 13.8 Å². The van der Waals surface area contributed by atoms with E-state index in [1.54, 1.807) is 7.11 Å². The molecule has 1 N–H and O–H groups in total. The standard InChI is InChI=1S/C21H32N6O.HI/c1-17(2)16-27-10-9-23-20(27)15-24-21(22-3)26-13-11-25(12-14-26)18-5-7-19(28-4)8-6-18;/h5-10,17H,11-16H2,1-4H3,(H,22,24);1H. The summed E-state index contributed by atoms with van der Waals surface area (Å²) in [6.45, 7) is 9.92. The van der Waals surface area contributed by atoms with Gasteiger partial charge in [-0.15, -0.1) is 24.0 Å². The van der Waals surface area contributed by atoms with Crippen molar-refractivity contribution >= 4 is 35.6 Å². The molecular weight excluding hydrogens is 479 g/mol. The number of methoxy groups -OCH3 is 1. The van der Waals surface area contributed by atoms with Crippen LogP contribution in [0.25, 0.3) is 0 Å². The normalized spacial score (nSPS) is 14.7. The maximum Gasteiger partial charge on any atom is 0.194 e. The highest BCUT2D eigenvalue weighted by molar-refractivity contribution is 14.0. The zero-order valence-electron chi connectivity index (χ0n) is 17.8. The highest BCUT2D eigenvalue weighted by Gasteiger charge is 2.20. The minimum absolute atomic E-state index is 0. The van der Waals surface area contributed by atoms with Gasteiger partial charge in [-0.25, -0.2) is 4.98 Å². The van der Waals surface area contributed by atoms with Crippen LogP contribution in [0.4, 0.5) is 5.69 Å². The topological polar surface area (TPSA) is 57.9 Å². The number of ether oxygens (including phenoxy) is 1. The molecule has 3 rings (SSSR count). The van der Waals surface area contributed by atoms with E-state index < -0.39 is 0 Å². The third-order valence-corrected chi connectivity index (χ3v) is 5.00. The van der Waals surface area contributed by atoms with Crippen molar-refractivity contribution in [2.75, 3.05) is 45.2 Å². The van der Waals surface area contributed by atoms with Gasteiger partial charge in [0.1, 0.15) is 11.6 Å². The first-order chi connectivity index (χ1) is 13.6. The molecule has 1 aliphatic heterocycles. The molecule has 160 valence electrons. The summed E-state index contributed by atoms with van der Waals surface area (Å²) in [5, 5.41) is 3.48. The quantitative estimate of drug-likeness (QED) is 0.367. The molecule has 1 fully saturated rings. The minimum Gasteiger partial charge on any atom is -0.497 e. The lowest BCUT2D eigenvalue weighted by atomic mass is 10.2. The van der Waals surface area contributed by atoms with Crippen molar-refractivity contribution in [3.05, 3.63) is 42.5 Å². The maximum absolute atomic E-state index is 5.25. The average Bonchev–Trinajstić information content (AvgIpc) is 3.15. The molecule has 8 heteroatoms. The lowest BCUT2D eigenvalue weighted by Crippen LogP contribution is -2.52. The zero-order chi connectivity index (χ0) is 19.9. The summed E-state index contributed by atoms with van der Waals surface area (Å²) in [7, 11) is 3.54. The molecule has 2 aromatic rings. The van der Waals surface area contributed by atoms with E-state index in [4.69, 9.17) is 4.74 Å². The summed E-state index contributed by atoms with van der Waals surface area (Å²) < 4.78 is 7.46. The van der Waals surface area contributed by atoms with Crippen LogP contribution in [0.3, 0.4) is 0 Å². The van der Waals surface area contributed by atoms with Crippen molar-refractivity contribution in [3.8, 4) is 5.75 Å². The maximum atomic E-state index is 5.25. The number of hydrogen-bond acceptors (Lipinski definition) is 4. The lowest BCUT2D eigenvalue weighted by molar-refractivity contribution is 0.371. The SMILES string of the molecule is CN=C(NCc1nccn1CC(C)C)N1CCN(c2ccc(OC)cc2)CC1.I. The summed E-state index contributed by atoms with van der Waals surface area (Å²) in [6.07, 6.45) is 3.92. The van der Waals surface area contributed by atoms with Crippen molar-refractivity contribution in [1.82, 2.24) is 19.8 Å². The van der Waals surface area contributed by atoms with Gasteiger partial charge in [0.2, 0.25) is 0 Å². The second-order valence-electron chi connectivity index (χ2n) is 7.46. The number of benzene rings is 1. The van der Waals surface area contributed by atoms with Crippen LogP contribution in [0.5, 0.6) is 5.75 Å². The van der Waals surface area contributed by atoms with Crippen LogP contribution in [0.2, 0.25) is 0 Å². The molecule has 0 spiro atoms. The van der Waals surface area contributed by atoms with E-state index in [0.29, 0.717) is 12.5 Å². The summed E-state index contributed by atoms with van der Waals surface area (Å²) in [5.41, 5.74) is 1.24. The van der Waals surface area contributed by atoms with E-state index in [2.05, 4.69) is 55.6 Å². The van der Waals surface area contributed by atoms with E-state index in [-0.39, 0.29) is 24.0 Å². The summed E-state index contributed by atoms with van der Waals surface area (Å²) in [5.74, 6) is 3.47. The number of rotatable bonds is 6. The Bertz CT molecular complexity index is 766. The van der Waals surface area contributed by atoms with Gasteiger partial charge in [-0.2, -0.15) is 0 Å². The van der Waals surface area contributed by atoms with Crippen LogP contribution < -0.4 is 15.0 Å². The Kier molecular flexibility index (Phi) is 9.06. The second-order valence-corrected chi connectivity index (χ2v) is 7.46. The predicted molar refractivity (Wildman–Crippen MR) is 129 cm³/mol.